The highest BCUT2D eigenvalue weighted by atomic mass is 32.2. The van der Waals surface area contributed by atoms with Gasteiger partial charge in [-0.2, -0.15) is 8.42 Å². The highest BCUT2D eigenvalue weighted by Gasteiger charge is 2.15. The van der Waals surface area contributed by atoms with Crippen LogP contribution in [0.4, 0.5) is 0 Å². The first-order valence-electron chi connectivity index (χ1n) is 8.73. The second-order valence-corrected chi connectivity index (χ2v) is 6.40. The van der Waals surface area contributed by atoms with Crippen LogP contribution in [0.25, 0.3) is 0 Å². The number of hydrogen-bond donors (Lipinski definition) is 0. The van der Waals surface area contributed by atoms with E-state index >= 15 is 0 Å². The minimum absolute atomic E-state index is 0.0602. The first kappa shape index (κ1) is 11.7. The quantitative estimate of drug-likeness (QED) is 0.732. The Morgan fingerprint density at radius 2 is 1.95 bits per heavy atom. The topological polar surface area (TPSA) is 52.6 Å². The normalized spacial score (nSPS) is 16.0. The van der Waals surface area contributed by atoms with Gasteiger partial charge in [-0.25, -0.2) is 0 Å². The molecule has 0 N–H and O–H groups in total. The number of rotatable bonds is 7. The summed E-state index contributed by atoms with van der Waals surface area (Å²) in [7, 11) is -3.58. The lowest BCUT2D eigenvalue weighted by Gasteiger charge is -2.20. The van der Waals surface area contributed by atoms with Crippen LogP contribution in [0, 0.1) is 6.85 Å². The van der Waals surface area contributed by atoms with Crippen molar-refractivity contribution in [3.05, 3.63) is 65.7 Å². The van der Waals surface area contributed by atoms with Crippen molar-refractivity contribution in [1.29, 1.82) is 0 Å². The molecule has 0 heterocycles. The second kappa shape index (κ2) is 7.42. The summed E-state index contributed by atoms with van der Waals surface area (Å²) < 4.78 is 63.6. The highest BCUT2D eigenvalue weighted by molar-refractivity contribution is 7.85. The number of hydrogen-bond acceptors (Lipinski definition) is 4. The van der Waals surface area contributed by atoms with E-state index in [1.54, 1.807) is 24.3 Å². The third-order valence-corrected chi connectivity index (χ3v) is 3.54. The molecule has 0 aliphatic heterocycles. The monoisotopic (exact) mass is 324 g/mol. The van der Waals surface area contributed by atoms with Gasteiger partial charge in [-0.05, 0) is 24.0 Å². The van der Waals surface area contributed by atoms with E-state index in [9.17, 15) is 8.42 Å². The molecule has 0 spiro atoms. The van der Waals surface area contributed by atoms with E-state index in [1.807, 2.05) is 6.07 Å². The maximum absolute atomic E-state index is 11.2. The molecule has 0 aromatic heterocycles. The molecule has 2 aromatic rings. The molecule has 2 aromatic carbocycles. The van der Waals surface area contributed by atoms with Crippen molar-refractivity contribution in [2.75, 3.05) is 12.9 Å². The van der Waals surface area contributed by atoms with Crippen LogP contribution in [0.15, 0.2) is 54.6 Å². The Balaban J connectivity index is 2.30. The van der Waals surface area contributed by atoms with Crippen LogP contribution in [0.1, 0.15) is 29.1 Å². The van der Waals surface area contributed by atoms with Crippen molar-refractivity contribution >= 4 is 10.1 Å². The smallest absolute Gasteiger partial charge is 0.264 e. The van der Waals surface area contributed by atoms with Gasteiger partial charge >= 0.3 is 0 Å². The van der Waals surface area contributed by atoms with Crippen molar-refractivity contribution in [2.45, 2.75) is 19.4 Å². The molecule has 0 unspecified atom stereocenters. The van der Waals surface area contributed by atoms with Crippen LogP contribution in [-0.2, 0) is 14.3 Å². The zero-order chi connectivity index (χ0) is 19.4. The van der Waals surface area contributed by atoms with E-state index in [0.717, 1.165) is 11.8 Å². The maximum atomic E-state index is 11.2. The third-order valence-electron chi connectivity index (χ3n) is 2.94. The minimum Gasteiger partial charge on any atom is -0.485 e. The van der Waals surface area contributed by atoms with E-state index < -0.39 is 23.1 Å². The predicted octanol–water partition coefficient (Wildman–Crippen LogP) is 3.48. The van der Waals surface area contributed by atoms with Crippen LogP contribution in [0.3, 0.4) is 0 Å². The SMILES string of the molecule is [2H]c1ccc(O[C@H](CCOS(C)(=O)=O)c2ccccc2)c(C([2H])([2H])[2H])c1. The molecule has 0 aliphatic carbocycles. The van der Waals surface area contributed by atoms with Crippen molar-refractivity contribution in [3.8, 4) is 5.75 Å². The summed E-state index contributed by atoms with van der Waals surface area (Å²) in [5.41, 5.74) is 0.700. The average Bonchev–Trinajstić information content (AvgIpc) is 2.54. The number of benzene rings is 2. The molecule has 0 bridgehead atoms. The van der Waals surface area contributed by atoms with Crippen LogP contribution < -0.4 is 4.74 Å². The molecule has 0 saturated carbocycles. The van der Waals surface area contributed by atoms with Gasteiger partial charge in [-0.3, -0.25) is 4.18 Å². The largest absolute Gasteiger partial charge is 0.485 e. The fraction of sp³-hybridized carbons (Fsp3) is 0.294. The summed E-state index contributed by atoms with van der Waals surface area (Å²) in [4.78, 5) is 0. The molecule has 22 heavy (non-hydrogen) atoms. The highest BCUT2D eigenvalue weighted by Crippen LogP contribution is 2.27. The zero-order valence-electron chi connectivity index (χ0n) is 16.2. The lowest BCUT2D eigenvalue weighted by atomic mass is 10.1. The molecule has 0 aliphatic rings. The van der Waals surface area contributed by atoms with E-state index in [-0.39, 0.29) is 30.4 Å². The number of ether oxygens (including phenoxy) is 1. The maximum Gasteiger partial charge on any atom is 0.264 e. The second-order valence-electron chi connectivity index (χ2n) is 4.75. The van der Waals surface area contributed by atoms with Gasteiger partial charge in [-0.15, -0.1) is 0 Å². The molecule has 1 atom stereocenters. The fourth-order valence-corrected chi connectivity index (χ4v) is 2.34. The summed E-state index contributed by atoms with van der Waals surface area (Å²) >= 11 is 0. The lowest BCUT2D eigenvalue weighted by Crippen LogP contribution is -2.13. The summed E-state index contributed by atoms with van der Waals surface area (Å²) in [6, 6.07) is 13.3. The van der Waals surface area contributed by atoms with Crippen LogP contribution >= 0.6 is 0 Å². The first-order valence-corrected chi connectivity index (χ1v) is 8.55. The zero-order valence-corrected chi connectivity index (χ0v) is 13.0. The Morgan fingerprint density at radius 3 is 2.64 bits per heavy atom. The average molecular weight is 324 g/mol. The van der Waals surface area contributed by atoms with Gasteiger partial charge in [-0.1, -0.05) is 48.5 Å². The molecule has 2 rings (SSSR count). The van der Waals surface area contributed by atoms with E-state index in [2.05, 4.69) is 0 Å². The number of aryl methyl sites for hydroxylation is 1. The van der Waals surface area contributed by atoms with E-state index in [1.165, 1.54) is 18.2 Å². The lowest BCUT2D eigenvalue weighted by molar-refractivity contribution is 0.165. The summed E-state index contributed by atoms with van der Waals surface area (Å²) in [6.45, 7) is -2.53. The summed E-state index contributed by atoms with van der Waals surface area (Å²) in [5, 5.41) is 0. The molecule has 0 saturated heterocycles. The van der Waals surface area contributed by atoms with E-state index in [4.69, 9.17) is 14.4 Å². The molecular formula is C17H20O4S. The van der Waals surface area contributed by atoms with Crippen molar-refractivity contribution < 1.29 is 22.8 Å². The predicted molar refractivity (Wildman–Crippen MR) is 86.4 cm³/mol. The Labute approximate surface area is 137 Å². The molecule has 0 fully saturated rings. The van der Waals surface area contributed by atoms with Crippen LogP contribution in [-0.4, -0.2) is 21.3 Å². The fourth-order valence-electron chi connectivity index (χ4n) is 1.94. The molecule has 118 valence electrons. The van der Waals surface area contributed by atoms with Crippen molar-refractivity contribution in [2.24, 2.45) is 0 Å². The Bertz CT molecular complexity index is 836. The molecule has 5 heteroatoms. The van der Waals surface area contributed by atoms with E-state index in [0.29, 0.717) is 0 Å². The van der Waals surface area contributed by atoms with Crippen molar-refractivity contribution in [3.63, 3.8) is 0 Å². The number of para-hydroxylation sites is 1. The Morgan fingerprint density at radius 1 is 1.18 bits per heavy atom. The van der Waals surface area contributed by atoms with Crippen molar-refractivity contribution in [1.82, 2.24) is 0 Å². The Kier molecular flexibility index (Phi) is 3.94. The van der Waals surface area contributed by atoms with Gasteiger partial charge in [0.05, 0.1) is 14.2 Å². The first-order chi connectivity index (χ1) is 12.1. The minimum atomic E-state index is -3.58. The van der Waals surface area contributed by atoms with Gasteiger partial charge < -0.3 is 4.74 Å². The molecule has 0 radical (unpaired) electrons. The van der Waals surface area contributed by atoms with Crippen LogP contribution in [0.2, 0.25) is 0 Å². The van der Waals surface area contributed by atoms with Gasteiger partial charge in [0.2, 0.25) is 0 Å². The summed E-state index contributed by atoms with van der Waals surface area (Å²) in [5.74, 6) is 0.134. The van der Waals surface area contributed by atoms with Gasteiger partial charge in [0.25, 0.3) is 10.1 Å². The molecular weight excluding hydrogens is 300 g/mol. The van der Waals surface area contributed by atoms with Gasteiger partial charge in [0.15, 0.2) is 0 Å². The van der Waals surface area contributed by atoms with Crippen LogP contribution in [0.5, 0.6) is 5.75 Å². The van der Waals surface area contributed by atoms with Gasteiger partial charge in [0, 0.05) is 10.5 Å². The Hall–Kier alpha value is -1.85. The molecule has 4 nitrogen and oxygen atoms in total. The summed E-state index contributed by atoms with van der Waals surface area (Å²) in [6.07, 6.45) is 0.571. The van der Waals surface area contributed by atoms with Gasteiger partial charge in [0.1, 0.15) is 11.9 Å². The molecule has 0 amide bonds. The standard InChI is InChI=1S/C17H20O4S/c1-14-8-6-7-11-16(14)21-17(12-13-20-22(2,18)19)15-9-4-3-5-10-15/h3-11,17H,12-13H2,1-2H3/t17-/m1/s1/i1D3,6D. The third kappa shape index (κ3) is 5.16.